The Morgan fingerprint density at radius 2 is 2.00 bits per heavy atom. The monoisotopic (exact) mass is 379 g/mol. The summed E-state index contributed by atoms with van der Waals surface area (Å²) in [6.07, 6.45) is 3.68. The van der Waals surface area contributed by atoms with Gasteiger partial charge < -0.3 is 14.5 Å². The number of hydrogen-bond donors (Lipinski definition) is 0. The molecule has 6 nitrogen and oxygen atoms in total. The van der Waals surface area contributed by atoms with Crippen molar-refractivity contribution >= 4 is 23.3 Å². The van der Waals surface area contributed by atoms with Crippen LogP contribution in [0.3, 0.4) is 0 Å². The topological polar surface area (TPSA) is 62.7 Å². The van der Waals surface area contributed by atoms with E-state index in [0.717, 1.165) is 30.9 Å². The van der Waals surface area contributed by atoms with Crippen molar-refractivity contribution in [1.82, 2.24) is 14.8 Å². The van der Waals surface area contributed by atoms with Gasteiger partial charge in [0.25, 0.3) is 0 Å². The Morgan fingerprint density at radius 1 is 1.27 bits per heavy atom. The second-order valence-electron chi connectivity index (χ2n) is 8.43. The van der Waals surface area contributed by atoms with Crippen LogP contribution in [0.25, 0.3) is 0 Å². The minimum Gasteiger partial charge on any atom is -0.444 e. The molecular weight excluding hydrogens is 350 g/mol. The number of thiazole rings is 1. The van der Waals surface area contributed by atoms with E-state index in [9.17, 15) is 9.59 Å². The molecule has 0 bridgehead atoms. The van der Waals surface area contributed by atoms with Gasteiger partial charge in [0.2, 0.25) is 5.91 Å². The summed E-state index contributed by atoms with van der Waals surface area (Å²) in [5.41, 5.74) is -0.484. The summed E-state index contributed by atoms with van der Waals surface area (Å²) in [6.45, 7) is 10.4. The molecule has 0 saturated carbocycles. The van der Waals surface area contributed by atoms with Gasteiger partial charge in [-0.3, -0.25) is 4.79 Å². The van der Waals surface area contributed by atoms with E-state index in [1.807, 2.05) is 44.2 Å². The molecule has 2 fully saturated rings. The number of carbonyl (C=O) groups excluding carboxylic acids is 2. The fourth-order valence-corrected chi connectivity index (χ4v) is 4.38. The molecule has 1 aromatic rings. The first-order valence-electron chi connectivity index (χ1n) is 9.40. The molecule has 0 N–H and O–H groups in total. The first kappa shape index (κ1) is 19.1. The van der Waals surface area contributed by atoms with Crippen molar-refractivity contribution in [3.05, 3.63) is 16.6 Å². The lowest BCUT2D eigenvalue weighted by Gasteiger charge is -2.43. The Balaban J connectivity index is 1.50. The first-order chi connectivity index (χ1) is 12.2. The van der Waals surface area contributed by atoms with E-state index in [-0.39, 0.29) is 23.8 Å². The summed E-state index contributed by atoms with van der Waals surface area (Å²) < 4.78 is 5.39. The van der Waals surface area contributed by atoms with Crippen molar-refractivity contribution < 1.29 is 14.3 Å². The van der Waals surface area contributed by atoms with Gasteiger partial charge >= 0.3 is 6.09 Å². The molecule has 0 spiro atoms. The van der Waals surface area contributed by atoms with Crippen molar-refractivity contribution in [2.24, 2.45) is 11.8 Å². The van der Waals surface area contributed by atoms with Gasteiger partial charge in [0.1, 0.15) is 5.60 Å². The summed E-state index contributed by atoms with van der Waals surface area (Å²) in [6, 6.07) is 0. The van der Waals surface area contributed by atoms with Crippen molar-refractivity contribution in [3.8, 4) is 0 Å². The van der Waals surface area contributed by atoms with Gasteiger partial charge in [-0.1, -0.05) is 6.92 Å². The number of likely N-dealkylation sites (tertiary alicyclic amines) is 2. The third-order valence-corrected chi connectivity index (χ3v) is 6.13. The second kappa shape index (κ2) is 7.55. The smallest absolute Gasteiger partial charge is 0.410 e. The largest absolute Gasteiger partial charge is 0.444 e. The number of carbonyl (C=O) groups is 2. The molecule has 2 aliphatic heterocycles. The average Bonchev–Trinajstić information content (AvgIpc) is 3.05. The maximum atomic E-state index is 12.9. The average molecular weight is 380 g/mol. The molecule has 3 heterocycles. The molecular formula is C19H29N3O3S. The molecule has 0 aromatic carbocycles. The minimum atomic E-state index is -0.484. The molecule has 26 heavy (non-hydrogen) atoms. The van der Waals surface area contributed by atoms with Gasteiger partial charge in [0.15, 0.2) is 0 Å². The Labute approximate surface area is 159 Å². The molecule has 2 atom stereocenters. The predicted molar refractivity (Wildman–Crippen MR) is 101 cm³/mol. The van der Waals surface area contributed by atoms with Crippen LogP contribution in [0.2, 0.25) is 0 Å². The van der Waals surface area contributed by atoms with E-state index in [1.165, 1.54) is 0 Å². The molecule has 7 heteroatoms. The fourth-order valence-electron chi connectivity index (χ4n) is 3.61. The van der Waals surface area contributed by atoms with Crippen LogP contribution >= 0.6 is 11.3 Å². The molecule has 0 unspecified atom stereocenters. The van der Waals surface area contributed by atoms with E-state index in [1.54, 1.807) is 16.2 Å². The van der Waals surface area contributed by atoms with Crippen LogP contribution in [-0.4, -0.2) is 58.6 Å². The normalized spacial score (nSPS) is 22.7. The van der Waals surface area contributed by atoms with Gasteiger partial charge in [-0.05, 0) is 33.6 Å². The van der Waals surface area contributed by atoms with Gasteiger partial charge in [-0.25, -0.2) is 9.78 Å². The van der Waals surface area contributed by atoms with Crippen LogP contribution in [0.4, 0.5) is 4.79 Å². The number of aromatic nitrogens is 1. The highest BCUT2D eigenvalue weighted by atomic mass is 32.1. The molecule has 2 saturated heterocycles. The Bertz CT molecular complexity index is 635. The highest BCUT2D eigenvalue weighted by Crippen LogP contribution is 2.31. The van der Waals surface area contributed by atoms with Gasteiger partial charge in [0.05, 0.1) is 5.01 Å². The van der Waals surface area contributed by atoms with E-state index < -0.39 is 5.60 Å². The van der Waals surface area contributed by atoms with Crippen LogP contribution < -0.4 is 0 Å². The zero-order valence-corrected chi connectivity index (χ0v) is 16.9. The SMILES string of the molecule is C[C@H](C(=O)N1CCC[C@@H](c2nccs2)C1)C1CN(C(=O)OC(C)(C)C)C1. The molecule has 3 rings (SSSR count). The quantitative estimate of drug-likeness (QED) is 0.808. The molecule has 144 valence electrons. The number of nitrogens with zero attached hydrogens (tertiary/aromatic N) is 3. The summed E-state index contributed by atoms with van der Waals surface area (Å²) in [5.74, 6) is 0.721. The zero-order chi connectivity index (χ0) is 18.9. The number of amides is 2. The molecule has 0 aliphatic carbocycles. The Kier molecular flexibility index (Phi) is 5.55. The molecule has 2 amide bonds. The van der Waals surface area contributed by atoms with Crippen molar-refractivity contribution in [2.75, 3.05) is 26.2 Å². The van der Waals surface area contributed by atoms with Crippen molar-refractivity contribution in [3.63, 3.8) is 0 Å². The zero-order valence-electron chi connectivity index (χ0n) is 16.1. The maximum absolute atomic E-state index is 12.9. The minimum absolute atomic E-state index is 0.0660. The van der Waals surface area contributed by atoms with E-state index >= 15 is 0 Å². The van der Waals surface area contributed by atoms with Gasteiger partial charge in [-0.2, -0.15) is 0 Å². The van der Waals surface area contributed by atoms with Crippen LogP contribution in [0.5, 0.6) is 0 Å². The number of hydrogen-bond acceptors (Lipinski definition) is 5. The summed E-state index contributed by atoms with van der Waals surface area (Å²) in [5, 5.41) is 3.13. The summed E-state index contributed by atoms with van der Waals surface area (Å²) in [4.78, 5) is 33.1. The number of rotatable bonds is 3. The van der Waals surface area contributed by atoms with Gasteiger partial charge in [0, 0.05) is 55.5 Å². The second-order valence-corrected chi connectivity index (χ2v) is 9.35. The Hall–Kier alpha value is -1.63. The summed E-state index contributed by atoms with van der Waals surface area (Å²) in [7, 11) is 0. The predicted octanol–water partition coefficient (Wildman–Crippen LogP) is 3.35. The Morgan fingerprint density at radius 3 is 2.62 bits per heavy atom. The van der Waals surface area contributed by atoms with E-state index in [4.69, 9.17) is 4.74 Å². The lowest BCUT2D eigenvalue weighted by Crippen LogP contribution is -2.56. The highest BCUT2D eigenvalue weighted by Gasteiger charge is 2.40. The third-order valence-electron chi connectivity index (χ3n) is 5.19. The maximum Gasteiger partial charge on any atom is 0.410 e. The molecule has 2 aliphatic rings. The fraction of sp³-hybridized carbons (Fsp3) is 0.737. The van der Waals surface area contributed by atoms with Crippen molar-refractivity contribution in [1.29, 1.82) is 0 Å². The van der Waals surface area contributed by atoms with Crippen LogP contribution in [0, 0.1) is 11.8 Å². The summed E-state index contributed by atoms with van der Waals surface area (Å²) >= 11 is 1.67. The van der Waals surface area contributed by atoms with E-state index in [0.29, 0.717) is 19.0 Å². The van der Waals surface area contributed by atoms with Crippen molar-refractivity contribution in [2.45, 2.75) is 52.1 Å². The van der Waals surface area contributed by atoms with Gasteiger partial charge in [-0.15, -0.1) is 11.3 Å². The van der Waals surface area contributed by atoms with Crippen LogP contribution in [0.1, 0.15) is 51.5 Å². The first-order valence-corrected chi connectivity index (χ1v) is 10.3. The lowest BCUT2D eigenvalue weighted by molar-refractivity contribution is -0.140. The number of ether oxygens (including phenoxy) is 1. The molecule has 1 aromatic heterocycles. The third kappa shape index (κ3) is 4.37. The lowest BCUT2D eigenvalue weighted by atomic mass is 9.85. The van der Waals surface area contributed by atoms with Crippen LogP contribution in [-0.2, 0) is 9.53 Å². The standard InChI is InChI=1S/C19H29N3O3S/c1-13(15-11-22(12-15)18(24)25-19(2,3)4)17(23)21-8-5-6-14(10-21)16-20-7-9-26-16/h7,9,13-15H,5-6,8,10-12H2,1-4H3/t13-,14+/m0/s1. The number of piperidine rings is 1. The van der Waals surface area contributed by atoms with E-state index in [2.05, 4.69) is 4.98 Å². The highest BCUT2D eigenvalue weighted by molar-refractivity contribution is 7.09. The molecule has 0 radical (unpaired) electrons. The van der Waals surface area contributed by atoms with Crippen LogP contribution in [0.15, 0.2) is 11.6 Å².